The standard InChI is InChI=1S/C13H17N3O2S/c1-13(2,3)16-12(19(14,17)18)9-11(15-16)10-7-5-4-6-8-10/h4-9H,1-3H3,(H2,14,17,18). The molecule has 19 heavy (non-hydrogen) atoms. The summed E-state index contributed by atoms with van der Waals surface area (Å²) in [5.41, 5.74) is 0.990. The molecule has 0 bridgehead atoms. The first-order chi connectivity index (χ1) is 8.69. The van der Waals surface area contributed by atoms with Crippen molar-refractivity contribution in [1.82, 2.24) is 9.78 Å². The zero-order chi connectivity index (χ0) is 14.3. The molecule has 0 unspecified atom stereocenters. The molecule has 0 amide bonds. The SMILES string of the molecule is CC(C)(C)n1nc(-c2ccccc2)cc1S(N)(=O)=O. The zero-order valence-corrected chi connectivity index (χ0v) is 12.0. The second-order valence-electron chi connectivity index (χ2n) is 5.36. The second kappa shape index (κ2) is 4.47. The molecule has 0 radical (unpaired) electrons. The Hall–Kier alpha value is -1.66. The largest absolute Gasteiger partial charge is 0.255 e. The van der Waals surface area contributed by atoms with Crippen LogP contribution in [-0.2, 0) is 15.6 Å². The van der Waals surface area contributed by atoms with Crippen molar-refractivity contribution in [3.05, 3.63) is 36.4 Å². The number of rotatable bonds is 2. The minimum atomic E-state index is -3.80. The summed E-state index contributed by atoms with van der Waals surface area (Å²) in [5.74, 6) is 0. The van der Waals surface area contributed by atoms with E-state index in [4.69, 9.17) is 5.14 Å². The maximum atomic E-state index is 11.7. The predicted molar refractivity (Wildman–Crippen MR) is 74.0 cm³/mol. The molecule has 0 aliphatic rings. The molecule has 1 aromatic heterocycles. The van der Waals surface area contributed by atoms with Gasteiger partial charge in [-0.25, -0.2) is 18.2 Å². The molecule has 0 fully saturated rings. The van der Waals surface area contributed by atoms with Crippen LogP contribution in [0, 0.1) is 0 Å². The number of primary sulfonamides is 1. The topological polar surface area (TPSA) is 78.0 Å². The Bertz CT molecular complexity index is 682. The molecule has 0 spiro atoms. The first-order valence-corrected chi connectivity index (χ1v) is 7.43. The summed E-state index contributed by atoms with van der Waals surface area (Å²) in [6.45, 7) is 5.64. The lowest BCUT2D eigenvalue weighted by atomic mass is 10.1. The normalized spacial score (nSPS) is 12.6. The zero-order valence-electron chi connectivity index (χ0n) is 11.2. The monoisotopic (exact) mass is 279 g/mol. The van der Waals surface area contributed by atoms with Gasteiger partial charge in [-0.2, -0.15) is 5.10 Å². The molecule has 6 heteroatoms. The highest BCUT2D eigenvalue weighted by atomic mass is 32.2. The maximum absolute atomic E-state index is 11.7. The van der Waals surface area contributed by atoms with Crippen LogP contribution < -0.4 is 5.14 Å². The van der Waals surface area contributed by atoms with E-state index < -0.39 is 15.6 Å². The van der Waals surface area contributed by atoms with Gasteiger partial charge in [-0.1, -0.05) is 30.3 Å². The summed E-state index contributed by atoms with van der Waals surface area (Å²) in [4.78, 5) is 0. The van der Waals surface area contributed by atoms with Gasteiger partial charge in [0.15, 0.2) is 5.03 Å². The summed E-state index contributed by atoms with van der Waals surface area (Å²) >= 11 is 0. The van der Waals surface area contributed by atoms with E-state index in [-0.39, 0.29) is 5.03 Å². The molecular formula is C13H17N3O2S. The minimum Gasteiger partial charge on any atom is -0.247 e. The van der Waals surface area contributed by atoms with Gasteiger partial charge in [-0.3, -0.25) is 0 Å². The van der Waals surface area contributed by atoms with Crippen molar-refractivity contribution in [3.63, 3.8) is 0 Å². The van der Waals surface area contributed by atoms with Gasteiger partial charge >= 0.3 is 0 Å². The molecule has 0 atom stereocenters. The van der Waals surface area contributed by atoms with Gasteiger partial charge in [0.05, 0.1) is 11.2 Å². The summed E-state index contributed by atoms with van der Waals surface area (Å²) in [6.07, 6.45) is 0. The molecule has 0 aliphatic heterocycles. The highest BCUT2D eigenvalue weighted by Crippen LogP contribution is 2.25. The van der Waals surface area contributed by atoms with Crippen LogP contribution in [0.15, 0.2) is 41.4 Å². The fraction of sp³-hybridized carbons (Fsp3) is 0.308. The lowest BCUT2D eigenvalue weighted by Crippen LogP contribution is -2.29. The van der Waals surface area contributed by atoms with Crippen LogP contribution >= 0.6 is 0 Å². The summed E-state index contributed by atoms with van der Waals surface area (Å²) in [7, 11) is -3.80. The van der Waals surface area contributed by atoms with Crippen LogP contribution in [0.2, 0.25) is 0 Å². The molecule has 1 aromatic carbocycles. The predicted octanol–water partition coefficient (Wildman–Crippen LogP) is 1.95. The van der Waals surface area contributed by atoms with Crippen molar-refractivity contribution < 1.29 is 8.42 Å². The van der Waals surface area contributed by atoms with Gasteiger partial charge in [0.2, 0.25) is 0 Å². The first kappa shape index (κ1) is 13.8. The third kappa shape index (κ3) is 2.85. The highest BCUT2D eigenvalue weighted by molar-refractivity contribution is 7.89. The van der Waals surface area contributed by atoms with E-state index >= 15 is 0 Å². The van der Waals surface area contributed by atoms with Gasteiger partial charge in [0, 0.05) is 11.6 Å². The molecule has 0 aliphatic carbocycles. The Balaban J connectivity index is 2.66. The molecule has 2 N–H and O–H groups in total. The van der Waals surface area contributed by atoms with Gasteiger partial charge in [0.1, 0.15) is 0 Å². The van der Waals surface area contributed by atoms with E-state index in [0.717, 1.165) is 5.56 Å². The van der Waals surface area contributed by atoms with Crippen LogP contribution in [-0.4, -0.2) is 18.2 Å². The van der Waals surface area contributed by atoms with Gasteiger partial charge in [-0.05, 0) is 20.8 Å². The molecule has 0 saturated heterocycles. The average Bonchev–Trinajstić information content (AvgIpc) is 2.74. The fourth-order valence-corrected chi connectivity index (χ4v) is 2.63. The molecule has 2 aromatic rings. The van der Waals surface area contributed by atoms with Crippen molar-refractivity contribution in [2.75, 3.05) is 0 Å². The van der Waals surface area contributed by atoms with E-state index in [1.54, 1.807) is 0 Å². The highest BCUT2D eigenvalue weighted by Gasteiger charge is 2.25. The summed E-state index contributed by atoms with van der Waals surface area (Å²) < 4.78 is 24.8. The van der Waals surface area contributed by atoms with Crippen LogP contribution in [0.5, 0.6) is 0 Å². The van der Waals surface area contributed by atoms with E-state index in [2.05, 4.69) is 5.10 Å². The average molecular weight is 279 g/mol. The van der Waals surface area contributed by atoms with Crippen molar-refractivity contribution in [3.8, 4) is 11.3 Å². The van der Waals surface area contributed by atoms with Crippen molar-refractivity contribution in [2.24, 2.45) is 5.14 Å². The molecule has 0 saturated carbocycles. The number of benzene rings is 1. The van der Waals surface area contributed by atoms with E-state index in [1.165, 1.54) is 10.7 Å². The molecule has 102 valence electrons. The second-order valence-corrected chi connectivity index (χ2v) is 6.87. The van der Waals surface area contributed by atoms with E-state index in [9.17, 15) is 8.42 Å². The van der Waals surface area contributed by atoms with Crippen LogP contribution in [0.1, 0.15) is 20.8 Å². The number of sulfonamides is 1. The number of nitrogens with zero attached hydrogens (tertiary/aromatic N) is 2. The van der Waals surface area contributed by atoms with Gasteiger partial charge < -0.3 is 0 Å². The smallest absolute Gasteiger partial charge is 0.247 e. The third-order valence-corrected chi connectivity index (χ3v) is 3.55. The van der Waals surface area contributed by atoms with Crippen LogP contribution in [0.4, 0.5) is 0 Å². The molecule has 2 rings (SSSR count). The van der Waals surface area contributed by atoms with Crippen LogP contribution in [0.3, 0.4) is 0 Å². The third-order valence-electron chi connectivity index (χ3n) is 2.67. The maximum Gasteiger partial charge on any atom is 0.255 e. The fourth-order valence-electron chi connectivity index (χ4n) is 1.80. The van der Waals surface area contributed by atoms with E-state index in [1.807, 2.05) is 51.1 Å². The Morgan fingerprint density at radius 2 is 1.74 bits per heavy atom. The number of nitrogens with two attached hydrogens (primary N) is 1. The van der Waals surface area contributed by atoms with Crippen molar-refractivity contribution in [2.45, 2.75) is 31.3 Å². The van der Waals surface area contributed by atoms with Crippen molar-refractivity contribution in [1.29, 1.82) is 0 Å². The summed E-state index contributed by atoms with van der Waals surface area (Å²) in [6, 6.07) is 10.9. The lowest BCUT2D eigenvalue weighted by molar-refractivity contribution is 0.326. The quantitative estimate of drug-likeness (QED) is 0.912. The minimum absolute atomic E-state index is 0.0267. The first-order valence-electron chi connectivity index (χ1n) is 5.88. The molecule has 1 heterocycles. The Morgan fingerprint density at radius 1 is 1.16 bits per heavy atom. The lowest BCUT2D eigenvalue weighted by Gasteiger charge is -2.21. The molecule has 5 nitrogen and oxygen atoms in total. The van der Waals surface area contributed by atoms with E-state index in [0.29, 0.717) is 5.69 Å². The van der Waals surface area contributed by atoms with Crippen molar-refractivity contribution >= 4 is 10.0 Å². The number of aromatic nitrogens is 2. The van der Waals surface area contributed by atoms with Crippen LogP contribution in [0.25, 0.3) is 11.3 Å². The number of hydrogen-bond donors (Lipinski definition) is 1. The molecular weight excluding hydrogens is 262 g/mol. The van der Waals surface area contributed by atoms with Gasteiger partial charge in [-0.15, -0.1) is 0 Å². The van der Waals surface area contributed by atoms with Gasteiger partial charge in [0.25, 0.3) is 10.0 Å². The Kier molecular flexibility index (Phi) is 3.24. The Labute approximate surface area is 113 Å². The Morgan fingerprint density at radius 3 is 2.16 bits per heavy atom. The number of hydrogen-bond acceptors (Lipinski definition) is 3. The summed E-state index contributed by atoms with van der Waals surface area (Å²) in [5, 5.41) is 9.66.